The molecule has 2 amide bonds. The Hall–Kier alpha value is -3.36. The Labute approximate surface area is 192 Å². The second kappa shape index (κ2) is 9.02. The first kappa shape index (κ1) is 21.9. The molecule has 0 saturated heterocycles. The van der Waals surface area contributed by atoms with Gasteiger partial charge >= 0.3 is 0 Å². The van der Waals surface area contributed by atoms with Gasteiger partial charge in [-0.2, -0.15) is 5.26 Å². The highest BCUT2D eigenvalue weighted by Gasteiger charge is 2.29. The van der Waals surface area contributed by atoms with Crippen LogP contribution in [0.4, 0.5) is 5.00 Å². The third-order valence-corrected chi connectivity index (χ3v) is 7.34. The molecule has 9 nitrogen and oxygen atoms in total. The summed E-state index contributed by atoms with van der Waals surface area (Å²) in [6.07, 6.45) is 0.575. The van der Waals surface area contributed by atoms with Crippen molar-refractivity contribution < 1.29 is 23.9 Å². The Kier molecular flexibility index (Phi) is 6.16. The van der Waals surface area contributed by atoms with E-state index in [-0.39, 0.29) is 16.8 Å². The number of hydrogen-bond acceptors (Lipinski definition) is 8. The van der Waals surface area contributed by atoms with Crippen molar-refractivity contribution in [3.05, 3.63) is 46.3 Å². The predicted molar refractivity (Wildman–Crippen MR) is 115 cm³/mol. The van der Waals surface area contributed by atoms with Crippen LogP contribution in [0.25, 0.3) is 5.69 Å². The Morgan fingerprint density at radius 1 is 1.41 bits per heavy atom. The van der Waals surface area contributed by atoms with Gasteiger partial charge in [0.15, 0.2) is 5.95 Å². The van der Waals surface area contributed by atoms with E-state index in [9.17, 15) is 20.0 Å². The Bertz CT molecular complexity index is 1210. The molecule has 32 heavy (non-hydrogen) atoms. The maximum absolute atomic E-state index is 12.9. The minimum Gasteiger partial charge on any atom is -0.538 e. The first-order valence-electron chi connectivity index (χ1n) is 9.81. The van der Waals surface area contributed by atoms with Gasteiger partial charge in [-0.15, -0.1) is 11.3 Å². The molecule has 2 aromatic heterocycles. The van der Waals surface area contributed by atoms with Crippen molar-refractivity contribution >= 4 is 39.9 Å². The average Bonchev–Trinajstić information content (AvgIpc) is 3.33. The number of benzene rings is 1. The smallest absolute Gasteiger partial charge is 0.298 e. The highest BCUT2D eigenvalue weighted by atomic mass is 32.2. The molecule has 4 rings (SSSR count). The molecule has 1 unspecified atom stereocenters. The summed E-state index contributed by atoms with van der Waals surface area (Å²) in [5, 5.41) is 28.4. The van der Waals surface area contributed by atoms with Crippen molar-refractivity contribution in [3.8, 4) is 17.7 Å². The fourth-order valence-electron chi connectivity index (χ4n) is 3.39. The molecule has 1 aliphatic heterocycles. The Balaban J connectivity index is 1.52. The highest BCUT2D eigenvalue weighted by molar-refractivity contribution is 8.00. The van der Waals surface area contributed by atoms with Crippen molar-refractivity contribution in [2.24, 2.45) is 0 Å². The van der Waals surface area contributed by atoms with Crippen LogP contribution < -0.4 is 15.1 Å². The molecule has 1 N–H and O–H groups in total. The van der Waals surface area contributed by atoms with Gasteiger partial charge in [0.05, 0.1) is 22.6 Å². The van der Waals surface area contributed by atoms with Crippen molar-refractivity contribution in [1.29, 1.82) is 5.26 Å². The summed E-state index contributed by atoms with van der Waals surface area (Å²) in [5.74, 6) is -1.01. The molecule has 0 saturated carbocycles. The SMILES string of the molecule is CC(=O)N1CCc2c(sc(NC(=O)C(C)Sc3c([O-])on[n+]3-c3ccccc3)c2C#N)C1. The molecule has 164 valence electrons. The number of hydrogen-bond donors (Lipinski definition) is 1. The third-order valence-electron chi connectivity index (χ3n) is 5.08. The molecule has 3 heterocycles. The number of nitriles is 1. The number of amides is 2. The van der Waals surface area contributed by atoms with Crippen LogP contribution in [0.5, 0.6) is 5.95 Å². The monoisotopic (exact) mass is 469 g/mol. The summed E-state index contributed by atoms with van der Waals surface area (Å²) in [7, 11) is 0. The number of thiophene rings is 1. The van der Waals surface area contributed by atoms with Crippen LogP contribution in [0.15, 0.2) is 39.9 Å². The molecule has 0 aliphatic carbocycles. The van der Waals surface area contributed by atoms with Gasteiger partial charge in [-0.05, 0) is 35.4 Å². The van der Waals surface area contributed by atoms with E-state index in [0.717, 1.165) is 22.2 Å². The van der Waals surface area contributed by atoms with Gasteiger partial charge in [-0.1, -0.05) is 18.2 Å². The quantitative estimate of drug-likeness (QED) is 0.447. The van der Waals surface area contributed by atoms with Crippen LogP contribution in [0.1, 0.15) is 29.9 Å². The van der Waals surface area contributed by atoms with Crippen LogP contribution in [-0.4, -0.2) is 33.8 Å². The molecule has 11 heteroatoms. The van der Waals surface area contributed by atoms with E-state index in [1.165, 1.54) is 22.9 Å². The second-order valence-electron chi connectivity index (χ2n) is 7.17. The van der Waals surface area contributed by atoms with Crippen molar-refractivity contribution in [2.75, 3.05) is 11.9 Å². The summed E-state index contributed by atoms with van der Waals surface area (Å²) >= 11 is 2.34. The molecule has 0 spiro atoms. The second-order valence-corrected chi connectivity index (χ2v) is 9.61. The molecule has 0 fully saturated rings. The van der Waals surface area contributed by atoms with Crippen LogP contribution in [0, 0.1) is 11.3 Å². The first-order valence-corrected chi connectivity index (χ1v) is 11.5. The lowest BCUT2D eigenvalue weighted by Crippen LogP contribution is -2.36. The lowest BCUT2D eigenvalue weighted by Gasteiger charge is -2.25. The summed E-state index contributed by atoms with van der Waals surface area (Å²) in [6, 6.07) is 11.2. The lowest BCUT2D eigenvalue weighted by molar-refractivity contribution is -0.705. The Morgan fingerprint density at radius 3 is 2.84 bits per heavy atom. The number of thioether (sulfide) groups is 1. The summed E-state index contributed by atoms with van der Waals surface area (Å²) in [5.41, 5.74) is 1.96. The van der Waals surface area contributed by atoms with E-state index in [0.29, 0.717) is 35.8 Å². The van der Waals surface area contributed by atoms with E-state index in [1.54, 1.807) is 36.1 Å². The maximum atomic E-state index is 12.9. The molecule has 0 radical (unpaired) electrons. The largest absolute Gasteiger partial charge is 0.538 e. The van der Waals surface area contributed by atoms with Crippen molar-refractivity contribution in [1.82, 2.24) is 10.2 Å². The fraction of sp³-hybridized carbons (Fsp3) is 0.286. The van der Waals surface area contributed by atoms with Gasteiger partial charge in [-0.3, -0.25) is 9.59 Å². The van der Waals surface area contributed by atoms with E-state index < -0.39 is 11.2 Å². The molecule has 3 aromatic rings. The van der Waals surface area contributed by atoms with Crippen molar-refractivity contribution in [3.63, 3.8) is 0 Å². The van der Waals surface area contributed by atoms with E-state index in [4.69, 9.17) is 4.52 Å². The maximum Gasteiger partial charge on any atom is 0.298 e. The molecule has 1 aromatic carbocycles. The number of carbonyl (C=O) groups excluding carboxylic acids is 2. The normalized spacial score (nSPS) is 13.8. The fourth-order valence-corrected chi connectivity index (χ4v) is 5.47. The minimum atomic E-state index is -0.656. The topological polar surface area (TPSA) is 126 Å². The van der Waals surface area contributed by atoms with Gasteiger partial charge in [0.1, 0.15) is 11.1 Å². The van der Waals surface area contributed by atoms with Gasteiger partial charge in [0.25, 0.3) is 5.03 Å². The molecule has 1 aliphatic rings. The lowest BCUT2D eigenvalue weighted by atomic mass is 10.0. The zero-order valence-corrected chi connectivity index (χ0v) is 19.0. The number of anilines is 1. The zero-order valence-electron chi connectivity index (χ0n) is 17.3. The number of para-hydroxylation sites is 1. The number of rotatable bonds is 5. The van der Waals surface area contributed by atoms with Crippen LogP contribution in [0.3, 0.4) is 0 Å². The molecule has 1 atom stereocenters. The number of fused-ring (bicyclic) bond motifs is 1. The van der Waals surface area contributed by atoms with Crippen LogP contribution >= 0.6 is 23.1 Å². The van der Waals surface area contributed by atoms with Crippen LogP contribution in [0.2, 0.25) is 0 Å². The standard InChI is InChI=1S/C21H19N5O4S2/c1-12(31-20-21(29)30-24-26(20)14-6-4-3-5-7-14)18(28)23-19-16(10-22)15-8-9-25(13(2)27)11-17(15)32-19/h3-7,12H,8-9,11H2,1-2H3,(H-,23,24,28,29). The van der Waals surface area contributed by atoms with E-state index in [2.05, 4.69) is 16.7 Å². The van der Waals surface area contributed by atoms with Gasteiger partial charge in [-0.25, -0.2) is 0 Å². The molecular weight excluding hydrogens is 450 g/mol. The predicted octanol–water partition coefficient (Wildman–Crippen LogP) is 1.98. The third kappa shape index (κ3) is 4.19. The molecular formula is C21H19N5O4S2. The summed E-state index contributed by atoms with van der Waals surface area (Å²) < 4.78 is 6.16. The van der Waals surface area contributed by atoms with Gasteiger partial charge in [0, 0.05) is 30.5 Å². The molecule has 0 bridgehead atoms. The Morgan fingerprint density at radius 2 is 2.16 bits per heavy atom. The first-order chi connectivity index (χ1) is 15.4. The number of aromatic nitrogens is 2. The number of carbonyl (C=O) groups is 2. The van der Waals surface area contributed by atoms with E-state index in [1.807, 2.05) is 6.07 Å². The highest BCUT2D eigenvalue weighted by Crippen LogP contribution is 2.37. The van der Waals surface area contributed by atoms with Gasteiger partial charge < -0.3 is 19.8 Å². The minimum absolute atomic E-state index is 0.0213. The average molecular weight is 470 g/mol. The van der Waals surface area contributed by atoms with Crippen LogP contribution in [-0.2, 0) is 22.6 Å². The zero-order chi connectivity index (χ0) is 22.8. The van der Waals surface area contributed by atoms with E-state index >= 15 is 0 Å². The number of nitrogens with zero attached hydrogens (tertiary/aromatic N) is 4. The summed E-state index contributed by atoms with van der Waals surface area (Å²) in [6.45, 7) is 4.16. The van der Waals surface area contributed by atoms with Crippen molar-refractivity contribution in [2.45, 2.75) is 37.1 Å². The van der Waals surface area contributed by atoms with Gasteiger partial charge in [0.2, 0.25) is 17.5 Å². The summed E-state index contributed by atoms with van der Waals surface area (Å²) in [4.78, 5) is 27.2. The number of nitrogens with one attached hydrogen (secondary N) is 1.